The molecule has 0 saturated heterocycles. The molecule has 26 heavy (non-hydrogen) atoms. The van der Waals surface area contributed by atoms with Crippen LogP contribution in [0.25, 0.3) is 10.1 Å². The third-order valence-corrected chi connectivity index (χ3v) is 6.33. The van der Waals surface area contributed by atoms with Gasteiger partial charge >= 0.3 is 0 Å². The highest BCUT2D eigenvalue weighted by Crippen LogP contribution is 2.32. The molecular formula is C19H20N4OS2. The Bertz CT molecular complexity index is 940. The van der Waals surface area contributed by atoms with Gasteiger partial charge in [0.25, 0.3) is 5.91 Å². The molecule has 0 radical (unpaired) electrons. The summed E-state index contributed by atoms with van der Waals surface area (Å²) in [5.74, 6) is -0.0235. The van der Waals surface area contributed by atoms with Crippen LogP contribution in [-0.4, -0.2) is 19.0 Å². The minimum absolute atomic E-state index is 0.0235. The van der Waals surface area contributed by atoms with E-state index in [1.165, 1.54) is 21.8 Å². The smallest absolute Gasteiger partial charge is 0.261 e. The number of thiophene rings is 1. The highest BCUT2D eigenvalue weighted by Gasteiger charge is 2.21. The predicted octanol–water partition coefficient (Wildman–Crippen LogP) is 3.50. The molecule has 1 unspecified atom stereocenters. The summed E-state index contributed by atoms with van der Waals surface area (Å²) in [6, 6.07) is 16.0. The van der Waals surface area contributed by atoms with Gasteiger partial charge in [0, 0.05) is 21.8 Å². The van der Waals surface area contributed by atoms with Crippen molar-refractivity contribution in [1.82, 2.24) is 15.4 Å². The van der Waals surface area contributed by atoms with Crippen LogP contribution in [0.3, 0.4) is 0 Å². The Morgan fingerprint density at radius 3 is 2.96 bits per heavy atom. The molecule has 0 bridgehead atoms. The lowest BCUT2D eigenvalue weighted by Gasteiger charge is -2.13. The van der Waals surface area contributed by atoms with Crippen LogP contribution in [-0.2, 0) is 0 Å². The standard InChI is InChI=1S/C19H20N4OS2/c20-13-6-7-15-12(10-13)11-17(25-15)19(24)22-9-3-8-21-18-14-4-1-2-5-16(14)26-23-18/h1-2,4-7,10-11,18,21,23H,3,8-9,20H2,(H,22,24). The molecule has 134 valence electrons. The molecule has 3 aromatic rings. The number of hydrogen-bond donors (Lipinski definition) is 4. The summed E-state index contributed by atoms with van der Waals surface area (Å²) in [5, 5.41) is 7.50. The highest BCUT2D eigenvalue weighted by molar-refractivity contribution is 7.97. The molecule has 1 aliphatic heterocycles. The molecule has 1 aromatic heterocycles. The molecule has 1 amide bonds. The molecule has 0 fully saturated rings. The number of fused-ring (bicyclic) bond motifs is 2. The van der Waals surface area contributed by atoms with Crippen molar-refractivity contribution in [2.75, 3.05) is 18.8 Å². The van der Waals surface area contributed by atoms with Gasteiger partial charge in [-0.2, -0.15) is 0 Å². The van der Waals surface area contributed by atoms with E-state index in [1.54, 1.807) is 11.9 Å². The number of amides is 1. The second-order valence-electron chi connectivity index (χ2n) is 6.16. The second kappa shape index (κ2) is 7.67. The summed E-state index contributed by atoms with van der Waals surface area (Å²) < 4.78 is 4.45. The zero-order chi connectivity index (χ0) is 17.9. The van der Waals surface area contributed by atoms with E-state index in [1.807, 2.05) is 30.3 Å². The maximum Gasteiger partial charge on any atom is 0.261 e. The third-order valence-electron chi connectivity index (χ3n) is 4.27. The third kappa shape index (κ3) is 3.71. The van der Waals surface area contributed by atoms with E-state index in [0.717, 1.165) is 27.9 Å². The van der Waals surface area contributed by atoms with Crippen LogP contribution in [0.2, 0.25) is 0 Å². The second-order valence-corrected chi connectivity index (χ2v) is 8.13. The highest BCUT2D eigenvalue weighted by atomic mass is 32.2. The summed E-state index contributed by atoms with van der Waals surface area (Å²) in [4.78, 5) is 14.3. The van der Waals surface area contributed by atoms with Crippen molar-refractivity contribution in [2.24, 2.45) is 0 Å². The maximum atomic E-state index is 12.3. The molecule has 2 heterocycles. The number of nitrogen functional groups attached to an aromatic ring is 1. The molecule has 4 rings (SSSR count). The number of nitrogens with two attached hydrogens (primary N) is 1. The van der Waals surface area contributed by atoms with Gasteiger partial charge in [0.05, 0.1) is 11.0 Å². The molecule has 5 N–H and O–H groups in total. The van der Waals surface area contributed by atoms with Crippen LogP contribution in [0.1, 0.15) is 27.8 Å². The van der Waals surface area contributed by atoms with Gasteiger partial charge in [-0.1, -0.05) is 18.2 Å². The first-order valence-electron chi connectivity index (χ1n) is 8.53. The lowest BCUT2D eigenvalue weighted by atomic mass is 10.2. The van der Waals surface area contributed by atoms with E-state index < -0.39 is 0 Å². The van der Waals surface area contributed by atoms with Gasteiger partial charge in [-0.25, -0.2) is 4.72 Å². The molecule has 7 heteroatoms. The molecule has 5 nitrogen and oxygen atoms in total. The average molecular weight is 385 g/mol. The Morgan fingerprint density at radius 2 is 2.04 bits per heavy atom. The Balaban J connectivity index is 1.24. The van der Waals surface area contributed by atoms with Crippen LogP contribution in [0.5, 0.6) is 0 Å². The molecule has 0 spiro atoms. The Labute approximate surface area is 160 Å². The van der Waals surface area contributed by atoms with Crippen molar-refractivity contribution in [1.29, 1.82) is 0 Å². The maximum absolute atomic E-state index is 12.3. The molecule has 0 aliphatic carbocycles. The summed E-state index contributed by atoms with van der Waals surface area (Å²) in [6.07, 6.45) is 1.04. The number of rotatable bonds is 6. The van der Waals surface area contributed by atoms with Gasteiger partial charge in [-0.15, -0.1) is 11.3 Å². The van der Waals surface area contributed by atoms with Gasteiger partial charge in [0.1, 0.15) is 0 Å². The number of carbonyl (C=O) groups excluding carboxylic acids is 1. The molecular weight excluding hydrogens is 364 g/mol. The largest absolute Gasteiger partial charge is 0.399 e. The van der Waals surface area contributed by atoms with Crippen molar-refractivity contribution in [3.05, 3.63) is 59.0 Å². The lowest BCUT2D eigenvalue weighted by molar-refractivity contribution is 0.0957. The SMILES string of the molecule is Nc1ccc2sc(C(=O)NCCCNC3NSc4ccccc43)cc2c1. The first kappa shape index (κ1) is 17.4. The molecule has 2 aromatic carbocycles. The van der Waals surface area contributed by atoms with Crippen molar-refractivity contribution >= 4 is 45.0 Å². The zero-order valence-electron chi connectivity index (χ0n) is 14.1. The van der Waals surface area contributed by atoms with E-state index in [2.05, 4.69) is 33.6 Å². The first-order chi connectivity index (χ1) is 12.7. The Morgan fingerprint density at radius 1 is 1.15 bits per heavy atom. The summed E-state index contributed by atoms with van der Waals surface area (Å²) in [5.41, 5.74) is 7.79. The monoisotopic (exact) mass is 384 g/mol. The number of nitrogens with one attached hydrogen (secondary N) is 3. The summed E-state index contributed by atoms with van der Waals surface area (Å²) in [6.45, 7) is 1.47. The zero-order valence-corrected chi connectivity index (χ0v) is 15.8. The number of hydrogen-bond acceptors (Lipinski definition) is 6. The van der Waals surface area contributed by atoms with E-state index in [0.29, 0.717) is 12.2 Å². The number of benzene rings is 2. The molecule has 0 saturated carbocycles. The van der Waals surface area contributed by atoms with Crippen LogP contribution in [0, 0.1) is 0 Å². The minimum atomic E-state index is -0.0235. The summed E-state index contributed by atoms with van der Waals surface area (Å²) in [7, 11) is 0. The van der Waals surface area contributed by atoms with Crippen molar-refractivity contribution < 1.29 is 4.79 Å². The minimum Gasteiger partial charge on any atom is -0.399 e. The van der Waals surface area contributed by atoms with Crippen LogP contribution >= 0.6 is 23.3 Å². The van der Waals surface area contributed by atoms with Gasteiger partial charge < -0.3 is 11.1 Å². The van der Waals surface area contributed by atoms with Crippen LogP contribution < -0.4 is 21.1 Å². The molecule has 1 atom stereocenters. The van der Waals surface area contributed by atoms with Gasteiger partial charge in [-0.05, 0) is 66.2 Å². The number of anilines is 1. The predicted molar refractivity (Wildman–Crippen MR) is 109 cm³/mol. The van der Waals surface area contributed by atoms with E-state index in [-0.39, 0.29) is 12.1 Å². The van der Waals surface area contributed by atoms with Crippen molar-refractivity contribution in [3.8, 4) is 0 Å². The van der Waals surface area contributed by atoms with Crippen LogP contribution in [0.15, 0.2) is 53.4 Å². The lowest BCUT2D eigenvalue weighted by Crippen LogP contribution is -2.31. The van der Waals surface area contributed by atoms with Gasteiger partial charge in [0.15, 0.2) is 0 Å². The van der Waals surface area contributed by atoms with E-state index in [9.17, 15) is 4.79 Å². The molecule has 1 aliphatic rings. The Kier molecular flexibility index (Phi) is 5.12. The average Bonchev–Trinajstić information content (AvgIpc) is 3.25. The normalized spacial score (nSPS) is 15.9. The fourth-order valence-corrected chi connectivity index (χ4v) is 4.81. The van der Waals surface area contributed by atoms with Crippen LogP contribution in [0.4, 0.5) is 5.69 Å². The topological polar surface area (TPSA) is 79.2 Å². The van der Waals surface area contributed by atoms with Gasteiger partial charge in [-0.3, -0.25) is 10.1 Å². The number of carbonyl (C=O) groups is 1. The quantitative estimate of drug-likeness (QED) is 0.297. The van der Waals surface area contributed by atoms with Crippen molar-refractivity contribution in [3.63, 3.8) is 0 Å². The van der Waals surface area contributed by atoms with Crippen molar-refractivity contribution in [2.45, 2.75) is 17.5 Å². The fourth-order valence-electron chi connectivity index (χ4n) is 2.95. The van der Waals surface area contributed by atoms with Gasteiger partial charge in [0.2, 0.25) is 0 Å². The first-order valence-corrected chi connectivity index (χ1v) is 10.2. The Hall–Kier alpha value is -2.06. The fraction of sp³-hybridized carbons (Fsp3) is 0.211. The summed E-state index contributed by atoms with van der Waals surface area (Å²) >= 11 is 3.15. The van der Waals surface area contributed by atoms with E-state index in [4.69, 9.17) is 5.73 Å². The van der Waals surface area contributed by atoms with E-state index >= 15 is 0 Å².